The molecule has 0 aromatic carbocycles. The van der Waals surface area contributed by atoms with Crippen LogP contribution in [0, 0.1) is 6.08 Å². The molecule has 1 saturated heterocycles. The molecule has 0 amide bonds. The van der Waals surface area contributed by atoms with E-state index in [1.165, 1.54) is 12.1 Å². The minimum atomic E-state index is -2.25. The highest BCUT2D eigenvalue weighted by Crippen LogP contribution is 2.40. The van der Waals surface area contributed by atoms with E-state index >= 15 is 0 Å². The molecule has 2 atom stereocenters. The van der Waals surface area contributed by atoms with Crippen LogP contribution in [0.1, 0.15) is 5.69 Å². The first-order chi connectivity index (χ1) is 8.93. The summed E-state index contributed by atoms with van der Waals surface area (Å²) in [4.78, 5) is 3.34. The summed E-state index contributed by atoms with van der Waals surface area (Å²) in [6, 6.07) is 2.80. The van der Waals surface area contributed by atoms with Gasteiger partial charge >= 0.3 is 6.08 Å². The monoisotopic (exact) mass is 268 g/mol. The Balaban J connectivity index is 2.24. The molecule has 3 N–H and O–H groups in total. The molecule has 19 heavy (non-hydrogen) atoms. The highest BCUT2D eigenvalue weighted by molar-refractivity contribution is 5.65. The first-order valence-corrected chi connectivity index (χ1v) is 5.43. The molecule has 0 radical (unpaired) electrons. The summed E-state index contributed by atoms with van der Waals surface area (Å²) in [6.07, 6.45) is -2.64. The van der Waals surface area contributed by atoms with Crippen molar-refractivity contribution in [2.45, 2.75) is 11.8 Å². The summed E-state index contributed by atoms with van der Waals surface area (Å²) in [6.45, 7) is 2.98. The number of aliphatic hydroxyl groups excluding tert-OH is 1. The van der Waals surface area contributed by atoms with Gasteiger partial charge in [-0.2, -0.15) is 9.37 Å². The molecule has 8 heteroatoms. The maximum absolute atomic E-state index is 14.8. The van der Waals surface area contributed by atoms with Crippen LogP contribution in [0.25, 0.3) is 5.52 Å². The quantitative estimate of drug-likeness (QED) is 0.787. The predicted molar refractivity (Wildman–Crippen MR) is 61.2 cm³/mol. The van der Waals surface area contributed by atoms with Gasteiger partial charge in [-0.15, -0.1) is 5.10 Å². The molecule has 0 saturated carbocycles. The first kappa shape index (κ1) is 11.8. The summed E-state index contributed by atoms with van der Waals surface area (Å²) in [5, 5.41) is 13.3. The van der Waals surface area contributed by atoms with E-state index in [4.69, 9.17) is 10.5 Å². The van der Waals surface area contributed by atoms with Crippen molar-refractivity contribution in [2.75, 3.05) is 12.3 Å². The van der Waals surface area contributed by atoms with E-state index in [1.54, 1.807) is 0 Å². The third-order valence-electron chi connectivity index (χ3n) is 3.14. The number of aromatic nitrogens is 3. The van der Waals surface area contributed by atoms with Gasteiger partial charge in [0.05, 0.1) is 5.69 Å². The van der Waals surface area contributed by atoms with E-state index in [0.29, 0.717) is 0 Å². The third kappa shape index (κ3) is 1.49. The Labute approximate surface area is 106 Å². The third-order valence-corrected chi connectivity index (χ3v) is 3.14. The van der Waals surface area contributed by atoms with Crippen molar-refractivity contribution in [3.05, 3.63) is 36.2 Å². The van der Waals surface area contributed by atoms with E-state index in [2.05, 4.69) is 16.7 Å². The number of hydrogen-bond donors (Lipinski definition) is 2. The maximum Gasteiger partial charge on any atom is 0.327 e. The molecule has 1 aliphatic heterocycles. The number of hydrogen-bond acceptors (Lipinski definition) is 5. The topological polar surface area (TPSA) is 85.7 Å². The second-order valence-electron chi connectivity index (χ2n) is 4.30. The van der Waals surface area contributed by atoms with Crippen molar-refractivity contribution in [1.82, 2.24) is 14.6 Å². The SMILES string of the molecule is C=C1OC[C@](F)(c2ccc3c(N)nc(F)nn23)[C@@H]1O. The molecule has 0 unspecified atom stereocenters. The van der Waals surface area contributed by atoms with Crippen LogP contribution < -0.4 is 5.73 Å². The minimum Gasteiger partial charge on any atom is -0.492 e. The maximum atomic E-state index is 14.8. The zero-order valence-electron chi connectivity index (χ0n) is 9.68. The number of nitrogens with two attached hydrogens (primary N) is 1. The molecule has 0 aliphatic carbocycles. The zero-order valence-corrected chi connectivity index (χ0v) is 9.68. The van der Waals surface area contributed by atoms with E-state index < -0.39 is 24.5 Å². The van der Waals surface area contributed by atoms with Gasteiger partial charge in [-0.25, -0.2) is 8.91 Å². The van der Waals surface area contributed by atoms with Crippen molar-refractivity contribution in [3.63, 3.8) is 0 Å². The van der Waals surface area contributed by atoms with Crippen LogP contribution in [-0.2, 0) is 10.4 Å². The van der Waals surface area contributed by atoms with Crippen molar-refractivity contribution in [2.24, 2.45) is 0 Å². The Morgan fingerprint density at radius 1 is 1.58 bits per heavy atom. The molecule has 1 fully saturated rings. The highest BCUT2D eigenvalue weighted by atomic mass is 19.1. The number of alkyl halides is 1. The molecule has 6 nitrogen and oxygen atoms in total. The fourth-order valence-electron chi connectivity index (χ4n) is 2.13. The molecular weight excluding hydrogens is 258 g/mol. The Morgan fingerprint density at radius 2 is 2.32 bits per heavy atom. The number of rotatable bonds is 1. The molecule has 100 valence electrons. The summed E-state index contributed by atoms with van der Waals surface area (Å²) in [5.74, 6) is -0.200. The number of halogens is 2. The molecular formula is C11H10F2N4O2. The number of nitrogens with zero attached hydrogens (tertiary/aromatic N) is 3. The lowest BCUT2D eigenvalue weighted by Crippen LogP contribution is -2.34. The van der Waals surface area contributed by atoms with Crippen LogP contribution in [0.5, 0.6) is 0 Å². The molecule has 3 heterocycles. The second-order valence-corrected chi connectivity index (χ2v) is 4.30. The summed E-state index contributed by atoms with van der Waals surface area (Å²) < 4.78 is 33.9. The van der Waals surface area contributed by atoms with E-state index in [-0.39, 0.29) is 22.8 Å². The van der Waals surface area contributed by atoms with Crippen LogP contribution in [0.4, 0.5) is 14.6 Å². The fourth-order valence-corrected chi connectivity index (χ4v) is 2.13. The molecule has 2 aromatic heterocycles. The molecule has 2 aromatic rings. The normalized spacial score (nSPS) is 26.9. The standard InChI is InChI=1S/C11H10F2N4O2/c1-5-8(18)11(13,4-19-5)7-3-2-6-9(14)15-10(12)16-17(6)7/h2-3,8,18H,1,4H2,(H2,14,15,16)/t8-,11+/m1/s1. The van der Waals surface area contributed by atoms with Gasteiger partial charge in [-0.3, -0.25) is 0 Å². The Bertz CT molecular complexity index is 687. The van der Waals surface area contributed by atoms with Crippen molar-refractivity contribution in [1.29, 1.82) is 0 Å². The predicted octanol–water partition coefficient (Wildman–Crippen LogP) is 0.520. The molecule has 3 rings (SSSR count). The van der Waals surface area contributed by atoms with E-state index in [0.717, 1.165) is 4.52 Å². The van der Waals surface area contributed by atoms with Gasteiger partial charge in [0.25, 0.3) is 0 Å². The van der Waals surface area contributed by atoms with E-state index in [1.807, 2.05) is 0 Å². The second kappa shape index (κ2) is 3.64. The number of fused-ring (bicyclic) bond motifs is 1. The molecule has 0 bridgehead atoms. The number of anilines is 1. The molecule has 1 aliphatic rings. The Hall–Kier alpha value is -2.22. The largest absolute Gasteiger partial charge is 0.492 e. The molecule has 0 spiro atoms. The van der Waals surface area contributed by atoms with Crippen LogP contribution >= 0.6 is 0 Å². The van der Waals surface area contributed by atoms with Crippen LogP contribution in [-0.4, -0.2) is 32.4 Å². The van der Waals surface area contributed by atoms with Gasteiger partial charge in [0.1, 0.15) is 17.9 Å². The lowest BCUT2D eigenvalue weighted by atomic mass is 9.97. The smallest absolute Gasteiger partial charge is 0.327 e. The lowest BCUT2D eigenvalue weighted by molar-refractivity contribution is 0.0286. The van der Waals surface area contributed by atoms with Gasteiger partial charge in [0.15, 0.2) is 11.9 Å². The Kier molecular flexibility index (Phi) is 2.27. The van der Waals surface area contributed by atoms with Crippen LogP contribution in [0.2, 0.25) is 0 Å². The van der Waals surface area contributed by atoms with Crippen LogP contribution in [0.3, 0.4) is 0 Å². The van der Waals surface area contributed by atoms with E-state index in [9.17, 15) is 13.9 Å². The first-order valence-electron chi connectivity index (χ1n) is 5.43. The zero-order chi connectivity index (χ0) is 13.8. The summed E-state index contributed by atoms with van der Waals surface area (Å²) in [5.41, 5.74) is 3.46. The average molecular weight is 268 g/mol. The number of aliphatic hydroxyl groups is 1. The van der Waals surface area contributed by atoms with Gasteiger partial charge in [-0.05, 0) is 12.1 Å². The average Bonchev–Trinajstić information content (AvgIpc) is 2.88. The van der Waals surface area contributed by atoms with Crippen LogP contribution in [0.15, 0.2) is 24.5 Å². The Morgan fingerprint density at radius 3 is 2.95 bits per heavy atom. The number of nitrogen functional groups attached to an aromatic ring is 1. The van der Waals surface area contributed by atoms with Gasteiger partial charge in [0, 0.05) is 0 Å². The van der Waals surface area contributed by atoms with Gasteiger partial charge < -0.3 is 15.6 Å². The van der Waals surface area contributed by atoms with Crippen molar-refractivity contribution < 1.29 is 18.6 Å². The fraction of sp³-hybridized carbons (Fsp3) is 0.273. The van der Waals surface area contributed by atoms with Crippen molar-refractivity contribution >= 4 is 11.3 Å². The highest BCUT2D eigenvalue weighted by Gasteiger charge is 2.50. The van der Waals surface area contributed by atoms with Gasteiger partial charge in [0.2, 0.25) is 5.67 Å². The summed E-state index contributed by atoms with van der Waals surface area (Å²) >= 11 is 0. The summed E-state index contributed by atoms with van der Waals surface area (Å²) in [7, 11) is 0. The van der Waals surface area contributed by atoms with Crippen molar-refractivity contribution in [3.8, 4) is 0 Å². The van der Waals surface area contributed by atoms with Gasteiger partial charge in [-0.1, -0.05) is 6.58 Å². The number of ether oxygens (including phenoxy) is 1. The lowest BCUT2D eigenvalue weighted by Gasteiger charge is -2.20. The minimum absolute atomic E-state index is 0.0679.